The Morgan fingerprint density at radius 3 is 2.76 bits per heavy atom. The molecule has 3 rings (SSSR count). The lowest BCUT2D eigenvalue weighted by Crippen LogP contribution is -2.27. The molecule has 1 saturated carbocycles. The van der Waals surface area contributed by atoms with E-state index in [9.17, 15) is 0 Å². The number of benzene rings is 1. The summed E-state index contributed by atoms with van der Waals surface area (Å²) in [5.41, 5.74) is 1.57. The molecule has 2 nitrogen and oxygen atoms in total. The topological polar surface area (TPSA) is 15.3 Å². The molecular weight excluding hydrogens is 276 g/mol. The van der Waals surface area contributed by atoms with E-state index in [2.05, 4.69) is 48.3 Å². The molecule has 0 amide bonds. The summed E-state index contributed by atoms with van der Waals surface area (Å²) in [6.45, 7) is 8.88. The zero-order valence-corrected chi connectivity index (χ0v) is 14.0. The Morgan fingerprint density at radius 1 is 1.24 bits per heavy atom. The molecule has 0 radical (unpaired) electrons. The highest BCUT2D eigenvalue weighted by atomic mass is 32.1. The van der Waals surface area contributed by atoms with Crippen molar-refractivity contribution in [1.29, 1.82) is 0 Å². The van der Waals surface area contributed by atoms with Crippen molar-refractivity contribution >= 4 is 21.4 Å². The normalized spacial score (nSPS) is 15.2. The van der Waals surface area contributed by atoms with E-state index in [1.165, 1.54) is 40.8 Å². The second-order valence-electron chi connectivity index (χ2n) is 5.98. The van der Waals surface area contributed by atoms with E-state index < -0.39 is 0 Å². The quantitative estimate of drug-likeness (QED) is 0.778. The van der Waals surface area contributed by atoms with Crippen LogP contribution in [0.15, 0.2) is 24.3 Å². The predicted molar refractivity (Wildman–Crippen MR) is 92.9 cm³/mol. The molecule has 1 aromatic heterocycles. The van der Waals surface area contributed by atoms with Gasteiger partial charge in [0.15, 0.2) is 0 Å². The van der Waals surface area contributed by atoms with Crippen LogP contribution in [0.2, 0.25) is 0 Å². The van der Waals surface area contributed by atoms with Crippen molar-refractivity contribution in [3.05, 3.63) is 34.7 Å². The van der Waals surface area contributed by atoms with Crippen LogP contribution < -0.4 is 5.32 Å². The van der Waals surface area contributed by atoms with Crippen molar-refractivity contribution in [3.8, 4) is 0 Å². The third-order valence-corrected chi connectivity index (χ3v) is 5.47. The first-order chi connectivity index (χ1) is 10.3. The van der Waals surface area contributed by atoms with Crippen LogP contribution in [0, 0.1) is 0 Å². The molecular formula is C18H26N2S. The molecule has 1 aliphatic rings. The van der Waals surface area contributed by atoms with Gasteiger partial charge in [0.25, 0.3) is 0 Å². The zero-order chi connectivity index (χ0) is 14.7. The monoisotopic (exact) mass is 302 g/mol. The van der Waals surface area contributed by atoms with Crippen LogP contribution >= 0.6 is 11.3 Å². The average Bonchev–Trinajstić information content (AvgIpc) is 3.29. The Kier molecular flexibility index (Phi) is 4.94. The van der Waals surface area contributed by atoms with Gasteiger partial charge >= 0.3 is 0 Å². The Labute approximate surface area is 132 Å². The molecule has 1 N–H and O–H groups in total. The maximum atomic E-state index is 3.51. The van der Waals surface area contributed by atoms with Gasteiger partial charge in [-0.05, 0) is 49.4 Å². The van der Waals surface area contributed by atoms with Crippen molar-refractivity contribution in [2.45, 2.75) is 52.2 Å². The van der Waals surface area contributed by atoms with Gasteiger partial charge in [0.1, 0.15) is 0 Å². The largest absolute Gasteiger partial charge is 0.312 e. The van der Waals surface area contributed by atoms with E-state index in [1.54, 1.807) is 5.56 Å². The van der Waals surface area contributed by atoms with Gasteiger partial charge in [-0.1, -0.05) is 32.0 Å². The van der Waals surface area contributed by atoms with Crippen LogP contribution in [0.3, 0.4) is 0 Å². The van der Waals surface area contributed by atoms with E-state index in [4.69, 9.17) is 0 Å². The summed E-state index contributed by atoms with van der Waals surface area (Å²) < 4.78 is 1.44. The fourth-order valence-corrected chi connectivity index (χ4v) is 4.21. The molecule has 21 heavy (non-hydrogen) atoms. The van der Waals surface area contributed by atoms with Crippen molar-refractivity contribution in [1.82, 2.24) is 10.2 Å². The lowest BCUT2D eigenvalue weighted by molar-refractivity contribution is 0.256. The average molecular weight is 302 g/mol. The molecule has 1 heterocycles. The SMILES string of the molecule is CCCN(Cc1c(CNCC)sc2ccccc12)C1CC1. The van der Waals surface area contributed by atoms with E-state index in [0.717, 1.165) is 25.7 Å². The molecule has 0 unspecified atom stereocenters. The van der Waals surface area contributed by atoms with Crippen LogP contribution in [0.4, 0.5) is 0 Å². The number of rotatable bonds is 8. The number of hydrogen-bond acceptors (Lipinski definition) is 3. The van der Waals surface area contributed by atoms with E-state index in [-0.39, 0.29) is 0 Å². The first-order valence-corrected chi connectivity index (χ1v) is 9.09. The van der Waals surface area contributed by atoms with Gasteiger partial charge in [0.2, 0.25) is 0 Å². The molecule has 0 bridgehead atoms. The fraction of sp³-hybridized carbons (Fsp3) is 0.556. The summed E-state index contributed by atoms with van der Waals surface area (Å²) in [6, 6.07) is 9.74. The minimum atomic E-state index is 0.843. The van der Waals surface area contributed by atoms with Crippen LogP contribution in [-0.4, -0.2) is 24.0 Å². The van der Waals surface area contributed by atoms with Crippen LogP contribution in [0.1, 0.15) is 43.6 Å². The van der Waals surface area contributed by atoms with Crippen LogP contribution in [-0.2, 0) is 13.1 Å². The first kappa shape index (κ1) is 15.0. The standard InChI is InChI=1S/C18H26N2S/c1-3-11-20(14-9-10-14)13-16-15-7-5-6-8-17(15)21-18(16)12-19-4-2/h5-8,14,19H,3-4,9-13H2,1-2H3. The number of fused-ring (bicyclic) bond motifs is 1. The van der Waals surface area contributed by atoms with Crippen molar-refractivity contribution < 1.29 is 0 Å². The molecule has 114 valence electrons. The van der Waals surface area contributed by atoms with Gasteiger partial charge in [-0.15, -0.1) is 11.3 Å². The third kappa shape index (κ3) is 3.47. The van der Waals surface area contributed by atoms with Gasteiger partial charge in [0, 0.05) is 28.7 Å². The predicted octanol–water partition coefficient (Wildman–Crippen LogP) is 4.39. The lowest BCUT2D eigenvalue weighted by atomic mass is 10.1. The van der Waals surface area contributed by atoms with Crippen LogP contribution in [0.5, 0.6) is 0 Å². The second-order valence-corrected chi connectivity index (χ2v) is 7.12. The smallest absolute Gasteiger partial charge is 0.0349 e. The van der Waals surface area contributed by atoms with Crippen molar-refractivity contribution in [2.75, 3.05) is 13.1 Å². The molecule has 1 aromatic carbocycles. The first-order valence-electron chi connectivity index (χ1n) is 8.27. The van der Waals surface area contributed by atoms with Gasteiger partial charge in [-0.25, -0.2) is 0 Å². The summed E-state index contributed by atoms with van der Waals surface area (Å²) in [6.07, 6.45) is 4.04. The zero-order valence-electron chi connectivity index (χ0n) is 13.2. The van der Waals surface area contributed by atoms with Crippen molar-refractivity contribution in [3.63, 3.8) is 0 Å². The summed E-state index contributed by atoms with van der Waals surface area (Å²) >= 11 is 1.97. The molecule has 0 atom stereocenters. The minimum Gasteiger partial charge on any atom is -0.312 e. The van der Waals surface area contributed by atoms with Gasteiger partial charge in [0.05, 0.1) is 0 Å². The molecule has 2 aromatic rings. The lowest BCUT2D eigenvalue weighted by Gasteiger charge is -2.22. The molecule has 0 saturated heterocycles. The summed E-state index contributed by atoms with van der Waals surface area (Å²) in [5, 5.41) is 4.98. The Balaban J connectivity index is 1.89. The Hall–Kier alpha value is -0.900. The Morgan fingerprint density at radius 2 is 2.05 bits per heavy atom. The molecule has 3 heteroatoms. The van der Waals surface area contributed by atoms with Gasteiger partial charge in [-0.2, -0.15) is 0 Å². The number of hydrogen-bond donors (Lipinski definition) is 1. The maximum Gasteiger partial charge on any atom is 0.0349 e. The third-order valence-electron chi connectivity index (χ3n) is 4.25. The minimum absolute atomic E-state index is 0.843. The van der Waals surface area contributed by atoms with Crippen molar-refractivity contribution in [2.24, 2.45) is 0 Å². The molecule has 0 aliphatic heterocycles. The summed E-state index contributed by atoms with van der Waals surface area (Å²) in [4.78, 5) is 4.23. The summed E-state index contributed by atoms with van der Waals surface area (Å²) in [5.74, 6) is 0. The summed E-state index contributed by atoms with van der Waals surface area (Å²) in [7, 11) is 0. The molecule has 1 aliphatic carbocycles. The fourth-order valence-electron chi connectivity index (χ4n) is 3.02. The molecule has 1 fully saturated rings. The highest BCUT2D eigenvalue weighted by Crippen LogP contribution is 2.35. The van der Waals surface area contributed by atoms with E-state index in [1.807, 2.05) is 11.3 Å². The van der Waals surface area contributed by atoms with Gasteiger partial charge in [-0.3, -0.25) is 4.90 Å². The molecule has 0 spiro atoms. The van der Waals surface area contributed by atoms with E-state index in [0.29, 0.717) is 0 Å². The Bertz CT molecular complexity index is 586. The number of nitrogens with zero attached hydrogens (tertiary/aromatic N) is 1. The highest BCUT2D eigenvalue weighted by Gasteiger charge is 2.29. The van der Waals surface area contributed by atoms with Gasteiger partial charge < -0.3 is 5.32 Å². The number of nitrogens with one attached hydrogen (secondary N) is 1. The maximum absolute atomic E-state index is 3.51. The highest BCUT2D eigenvalue weighted by molar-refractivity contribution is 7.19. The number of thiophene rings is 1. The van der Waals surface area contributed by atoms with E-state index >= 15 is 0 Å². The second kappa shape index (κ2) is 6.91. The van der Waals surface area contributed by atoms with Crippen LogP contribution in [0.25, 0.3) is 10.1 Å².